The Hall–Kier alpha value is -7.43. The third-order valence-electron chi connectivity index (χ3n) is 10.2. The zero-order valence-corrected chi connectivity index (χ0v) is 29.8. The van der Waals surface area contributed by atoms with Gasteiger partial charge in [-0.3, -0.25) is 0 Å². The third-order valence-corrected chi connectivity index (χ3v) is 10.2. The third kappa shape index (κ3) is 6.06. The molecule has 0 radical (unpaired) electrons. The second kappa shape index (κ2) is 13.8. The molecule has 2 aromatic heterocycles. The fraction of sp³-hybridized carbons (Fsp3) is 0. The van der Waals surface area contributed by atoms with Crippen LogP contribution in [0.5, 0.6) is 0 Å². The van der Waals surface area contributed by atoms with Gasteiger partial charge < -0.3 is 4.42 Å². The van der Waals surface area contributed by atoms with Crippen LogP contribution in [0.2, 0.25) is 0 Å². The van der Waals surface area contributed by atoms with E-state index in [1.54, 1.807) is 0 Å². The second-order valence-electron chi connectivity index (χ2n) is 13.6. The molecule has 0 saturated heterocycles. The van der Waals surface area contributed by atoms with E-state index < -0.39 is 0 Å². The maximum absolute atomic E-state index is 6.54. The molecule has 0 aliphatic carbocycles. The number of aromatic nitrogens is 3. The van der Waals surface area contributed by atoms with Crippen LogP contribution in [0.25, 0.3) is 101 Å². The van der Waals surface area contributed by atoms with E-state index in [1.807, 2.05) is 72.8 Å². The van der Waals surface area contributed by atoms with E-state index in [0.717, 1.165) is 72.6 Å². The van der Waals surface area contributed by atoms with Crippen molar-refractivity contribution in [2.24, 2.45) is 0 Å². The van der Waals surface area contributed by atoms with Gasteiger partial charge >= 0.3 is 0 Å². The van der Waals surface area contributed by atoms with Gasteiger partial charge in [-0.15, -0.1) is 0 Å². The Morgan fingerprint density at radius 2 is 0.909 bits per heavy atom. The standard InChI is InChI=1S/C51H33N3O/c1-4-16-36(17-5-1)46-33-47(53-50(52-46)38-18-6-2-7-19-38)37-29-27-35(28-30-37)41-32-31-34-15-10-11-22-40(34)48(41)43-24-13-12-23-42(43)44-25-14-26-45-49(44)55-51(54-45)39-20-8-3-9-21-39/h1-33H. The number of para-hydroxylation sites is 1. The number of oxazole rings is 1. The van der Waals surface area contributed by atoms with E-state index in [-0.39, 0.29) is 0 Å². The molecule has 0 bridgehead atoms. The van der Waals surface area contributed by atoms with Gasteiger partial charge in [-0.05, 0) is 62.9 Å². The first-order valence-corrected chi connectivity index (χ1v) is 18.4. The van der Waals surface area contributed by atoms with Gasteiger partial charge in [0.15, 0.2) is 11.4 Å². The number of rotatable bonds is 7. The van der Waals surface area contributed by atoms with E-state index in [2.05, 4.69) is 127 Å². The molecule has 55 heavy (non-hydrogen) atoms. The summed E-state index contributed by atoms with van der Waals surface area (Å²) in [4.78, 5) is 14.9. The largest absolute Gasteiger partial charge is 0.435 e. The van der Waals surface area contributed by atoms with Crippen molar-refractivity contribution in [3.05, 3.63) is 200 Å². The fourth-order valence-electron chi connectivity index (χ4n) is 7.49. The Morgan fingerprint density at radius 3 is 1.64 bits per heavy atom. The predicted molar refractivity (Wildman–Crippen MR) is 225 cm³/mol. The summed E-state index contributed by atoms with van der Waals surface area (Å²) in [5.74, 6) is 1.31. The summed E-state index contributed by atoms with van der Waals surface area (Å²) in [5.41, 5.74) is 14.0. The molecule has 10 aromatic rings. The highest BCUT2D eigenvalue weighted by atomic mass is 16.3. The van der Waals surface area contributed by atoms with Crippen LogP contribution in [-0.2, 0) is 0 Å². The van der Waals surface area contributed by atoms with Crippen molar-refractivity contribution < 1.29 is 4.42 Å². The number of fused-ring (bicyclic) bond motifs is 2. The highest BCUT2D eigenvalue weighted by Gasteiger charge is 2.20. The average molecular weight is 704 g/mol. The number of hydrogen-bond acceptors (Lipinski definition) is 4. The summed E-state index contributed by atoms with van der Waals surface area (Å²) in [5, 5.41) is 2.36. The molecule has 258 valence electrons. The van der Waals surface area contributed by atoms with Crippen molar-refractivity contribution in [1.29, 1.82) is 0 Å². The first kappa shape index (κ1) is 32.2. The Bertz CT molecular complexity index is 2900. The minimum Gasteiger partial charge on any atom is -0.435 e. The van der Waals surface area contributed by atoms with Crippen LogP contribution >= 0.6 is 0 Å². The maximum Gasteiger partial charge on any atom is 0.227 e. The molecule has 0 fully saturated rings. The van der Waals surface area contributed by atoms with Crippen molar-refractivity contribution in [1.82, 2.24) is 15.0 Å². The maximum atomic E-state index is 6.54. The molecule has 10 rings (SSSR count). The van der Waals surface area contributed by atoms with E-state index in [1.165, 1.54) is 16.3 Å². The summed E-state index contributed by atoms with van der Waals surface area (Å²) in [7, 11) is 0. The predicted octanol–water partition coefficient (Wildman–Crippen LogP) is 13.4. The van der Waals surface area contributed by atoms with Crippen molar-refractivity contribution in [3.8, 4) is 78.7 Å². The van der Waals surface area contributed by atoms with Crippen LogP contribution in [0.15, 0.2) is 205 Å². The smallest absolute Gasteiger partial charge is 0.227 e. The number of hydrogen-bond donors (Lipinski definition) is 0. The van der Waals surface area contributed by atoms with Gasteiger partial charge in [0.1, 0.15) is 5.52 Å². The van der Waals surface area contributed by atoms with Crippen LogP contribution in [-0.4, -0.2) is 15.0 Å². The highest BCUT2D eigenvalue weighted by molar-refractivity contribution is 6.08. The van der Waals surface area contributed by atoms with Gasteiger partial charge in [-0.1, -0.05) is 176 Å². The molecule has 0 N–H and O–H groups in total. The van der Waals surface area contributed by atoms with E-state index in [9.17, 15) is 0 Å². The number of nitrogens with zero attached hydrogens (tertiary/aromatic N) is 3. The molecule has 4 nitrogen and oxygen atoms in total. The van der Waals surface area contributed by atoms with Crippen molar-refractivity contribution in [2.45, 2.75) is 0 Å². The highest BCUT2D eigenvalue weighted by Crippen LogP contribution is 2.44. The molecule has 0 amide bonds. The minimum atomic E-state index is 0.613. The summed E-state index contributed by atoms with van der Waals surface area (Å²) in [6, 6.07) is 69.3. The Balaban J connectivity index is 1.11. The molecule has 4 heteroatoms. The van der Waals surface area contributed by atoms with Crippen LogP contribution in [0.1, 0.15) is 0 Å². The molecule has 0 atom stereocenters. The van der Waals surface area contributed by atoms with Gasteiger partial charge in [0.2, 0.25) is 5.89 Å². The molecule has 0 aliphatic heterocycles. The van der Waals surface area contributed by atoms with Crippen molar-refractivity contribution in [3.63, 3.8) is 0 Å². The zero-order chi connectivity index (χ0) is 36.6. The molecule has 2 heterocycles. The van der Waals surface area contributed by atoms with Crippen molar-refractivity contribution >= 4 is 21.9 Å². The Morgan fingerprint density at radius 1 is 0.345 bits per heavy atom. The normalized spacial score (nSPS) is 11.3. The van der Waals surface area contributed by atoms with Crippen molar-refractivity contribution in [2.75, 3.05) is 0 Å². The number of benzene rings is 8. The summed E-state index contributed by atoms with van der Waals surface area (Å²) < 4.78 is 6.54. The van der Waals surface area contributed by atoms with E-state index in [4.69, 9.17) is 19.4 Å². The van der Waals surface area contributed by atoms with Gasteiger partial charge in [0, 0.05) is 27.8 Å². The lowest BCUT2D eigenvalue weighted by Gasteiger charge is -2.18. The van der Waals surface area contributed by atoms with E-state index >= 15 is 0 Å². The molecule has 0 spiro atoms. The summed E-state index contributed by atoms with van der Waals surface area (Å²) in [6.07, 6.45) is 0. The summed E-state index contributed by atoms with van der Waals surface area (Å²) >= 11 is 0. The first-order chi connectivity index (χ1) is 27.3. The van der Waals surface area contributed by atoms with Gasteiger partial charge in [0.05, 0.1) is 11.4 Å². The van der Waals surface area contributed by atoms with Gasteiger partial charge in [0.25, 0.3) is 0 Å². The fourth-order valence-corrected chi connectivity index (χ4v) is 7.49. The van der Waals surface area contributed by atoms with Crippen LogP contribution in [0, 0.1) is 0 Å². The lowest BCUT2D eigenvalue weighted by atomic mass is 9.85. The quantitative estimate of drug-likeness (QED) is 0.166. The molecular weight excluding hydrogens is 671 g/mol. The van der Waals surface area contributed by atoms with Crippen LogP contribution in [0.4, 0.5) is 0 Å². The second-order valence-corrected chi connectivity index (χ2v) is 13.6. The molecule has 0 aliphatic rings. The molecule has 0 unspecified atom stereocenters. The average Bonchev–Trinajstić information content (AvgIpc) is 3.72. The zero-order valence-electron chi connectivity index (χ0n) is 29.8. The minimum absolute atomic E-state index is 0.613. The Kier molecular flexibility index (Phi) is 8.12. The molecule has 8 aromatic carbocycles. The Labute approximate surface area is 319 Å². The molecular formula is C51H33N3O. The molecule has 0 saturated carbocycles. The van der Waals surface area contributed by atoms with Gasteiger partial charge in [-0.2, -0.15) is 0 Å². The topological polar surface area (TPSA) is 51.8 Å². The van der Waals surface area contributed by atoms with Gasteiger partial charge in [-0.25, -0.2) is 15.0 Å². The first-order valence-electron chi connectivity index (χ1n) is 18.4. The van der Waals surface area contributed by atoms with Crippen LogP contribution in [0.3, 0.4) is 0 Å². The lowest BCUT2D eigenvalue weighted by molar-refractivity contribution is 0.621. The monoisotopic (exact) mass is 703 g/mol. The lowest BCUT2D eigenvalue weighted by Crippen LogP contribution is -1.96. The van der Waals surface area contributed by atoms with E-state index in [0.29, 0.717) is 11.7 Å². The van der Waals surface area contributed by atoms with Crippen LogP contribution < -0.4 is 0 Å². The summed E-state index contributed by atoms with van der Waals surface area (Å²) in [6.45, 7) is 0. The SMILES string of the molecule is c1ccc(-c2cc(-c3ccc(-c4ccc5ccccc5c4-c4ccccc4-c4cccc5nc(-c6ccccc6)oc45)cc3)nc(-c3ccccc3)n2)cc1.